The van der Waals surface area contributed by atoms with E-state index in [1.165, 1.54) is 0 Å². The Hall–Kier alpha value is -0.350. The highest BCUT2D eigenvalue weighted by Gasteiger charge is 2.41. The van der Waals surface area contributed by atoms with E-state index in [9.17, 15) is 0 Å². The van der Waals surface area contributed by atoms with Gasteiger partial charge in [-0.1, -0.05) is 0 Å². The largest absolute Gasteiger partial charge is 0.361 e. The number of quaternary nitrogens is 1. The summed E-state index contributed by atoms with van der Waals surface area (Å²) < 4.78 is 0. The summed E-state index contributed by atoms with van der Waals surface area (Å²) in [5, 5.41) is 9.99. The van der Waals surface area contributed by atoms with Crippen molar-refractivity contribution in [1.82, 2.24) is 10.6 Å². The third-order valence-corrected chi connectivity index (χ3v) is 3.32. The second-order valence-corrected chi connectivity index (χ2v) is 7.41. The van der Waals surface area contributed by atoms with Gasteiger partial charge in [-0.15, -0.1) is 0 Å². The van der Waals surface area contributed by atoms with Gasteiger partial charge in [-0.2, -0.15) is 0 Å². The molecule has 1 fully saturated rings. The summed E-state index contributed by atoms with van der Waals surface area (Å²) in [6.45, 7) is 13.4. The van der Waals surface area contributed by atoms with Crippen LogP contribution in [0.1, 0.15) is 54.4 Å². The molecule has 4 heteroatoms. The van der Waals surface area contributed by atoms with E-state index in [2.05, 4.69) is 57.5 Å². The first-order valence-corrected chi connectivity index (χ1v) is 6.95. The lowest BCUT2D eigenvalue weighted by Gasteiger charge is -2.43. The summed E-state index contributed by atoms with van der Waals surface area (Å²) in [6, 6.07) is 0.870. The molecule has 1 rings (SSSR count). The van der Waals surface area contributed by atoms with Crippen LogP contribution in [0, 0.1) is 0 Å². The van der Waals surface area contributed by atoms with Crippen LogP contribution in [-0.4, -0.2) is 28.3 Å². The van der Waals surface area contributed by atoms with Crippen molar-refractivity contribution in [2.24, 2.45) is 0 Å². The van der Waals surface area contributed by atoms with E-state index < -0.39 is 0 Å². The lowest BCUT2D eigenvalue weighted by Crippen LogP contribution is -3.06. The van der Waals surface area contributed by atoms with Crippen LogP contribution in [0.25, 0.3) is 0 Å². The molecule has 0 radical (unpaired) electrons. The first kappa shape index (κ1) is 14.7. The monoisotopic (exact) mass is 258 g/mol. The fraction of sp³-hybridized carbons (Fsp3) is 0.923. The topological polar surface area (TPSA) is 40.7 Å². The highest BCUT2D eigenvalue weighted by Crippen LogP contribution is 2.21. The quantitative estimate of drug-likeness (QED) is 0.651. The van der Waals surface area contributed by atoms with E-state index in [0.29, 0.717) is 12.1 Å². The van der Waals surface area contributed by atoms with Crippen molar-refractivity contribution < 1.29 is 5.32 Å². The van der Waals surface area contributed by atoms with Gasteiger partial charge < -0.3 is 16.0 Å². The van der Waals surface area contributed by atoms with E-state index in [1.54, 1.807) is 0 Å². The molecule has 0 spiro atoms. The number of hydrogen-bond acceptors (Lipinski definition) is 1. The number of rotatable bonds is 2. The third kappa shape index (κ3) is 5.21. The predicted molar refractivity (Wildman–Crippen MR) is 77.1 cm³/mol. The van der Waals surface area contributed by atoms with Gasteiger partial charge in [0.05, 0.1) is 11.1 Å². The zero-order valence-corrected chi connectivity index (χ0v) is 12.9. The minimum Gasteiger partial charge on any atom is -0.361 e. The fourth-order valence-corrected chi connectivity index (χ4v) is 3.51. The Morgan fingerprint density at radius 1 is 1.18 bits per heavy atom. The SMILES string of the molecule is CC(C)NC(=S)NC1CC(C)(C)[NH2+]C(C)(C)C1. The summed E-state index contributed by atoms with van der Waals surface area (Å²) in [6.07, 6.45) is 2.30. The fourth-order valence-electron chi connectivity index (χ4n) is 3.11. The molecule has 1 heterocycles. The van der Waals surface area contributed by atoms with Crippen molar-refractivity contribution in [2.75, 3.05) is 0 Å². The Morgan fingerprint density at radius 2 is 1.65 bits per heavy atom. The Kier molecular flexibility index (Phi) is 4.42. The molecule has 0 aromatic rings. The average molecular weight is 258 g/mol. The van der Waals surface area contributed by atoms with Gasteiger partial charge in [0.15, 0.2) is 5.11 Å². The van der Waals surface area contributed by atoms with Gasteiger partial charge in [0.25, 0.3) is 0 Å². The molecule has 0 aromatic heterocycles. The van der Waals surface area contributed by atoms with Crippen LogP contribution < -0.4 is 16.0 Å². The number of hydrogen-bond donors (Lipinski definition) is 3. The van der Waals surface area contributed by atoms with Gasteiger partial charge in [-0.3, -0.25) is 0 Å². The standard InChI is InChI=1S/C13H27N3S/c1-9(2)14-11(17)15-10-7-12(3,4)16-13(5,6)8-10/h9-10,16H,7-8H2,1-6H3,(H2,14,15,17)/p+1. The molecule has 0 saturated carbocycles. The van der Waals surface area contributed by atoms with Crippen LogP contribution >= 0.6 is 12.2 Å². The number of thiocarbonyl (C=S) groups is 1. The van der Waals surface area contributed by atoms with Gasteiger partial charge in [-0.05, 0) is 53.8 Å². The molecule has 0 aliphatic carbocycles. The molecule has 3 nitrogen and oxygen atoms in total. The highest BCUT2D eigenvalue weighted by atomic mass is 32.1. The second kappa shape index (κ2) is 5.11. The van der Waals surface area contributed by atoms with Crippen LogP contribution in [0.15, 0.2) is 0 Å². The first-order valence-electron chi connectivity index (χ1n) is 6.54. The van der Waals surface area contributed by atoms with E-state index in [0.717, 1.165) is 18.0 Å². The summed E-state index contributed by atoms with van der Waals surface area (Å²) in [7, 11) is 0. The molecule has 1 aliphatic heterocycles. The minimum atomic E-state index is 0.285. The van der Waals surface area contributed by atoms with Crippen LogP contribution in [0.4, 0.5) is 0 Å². The summed E-state index contributed by atoms with van der Waals surface area (Å²) in [5.41, 5.74) is 0.569. The maximum absolute atomic E-state index is 5.33. The van der Waals surface area contributed by atoms with E-state index in [-0.39, 0.29) is 11.1 Å². The number of nitrogens with one attached hydrogen (secondary N) is 2. The van der Waals surface area contributed by atoms with Crippen molar-refractivity contribution in [3.63, 3.8) is 0 Å². The molecule has 1 saturated heterocycles. The summed E-state index contributed by atoms with van der Waals surface area (Å²) in [4.78, 5) is 0. The Labute approximate surface area is 111 Å². The molecular formula is C13H28N3S+. The lowest BCUT2D eigenvalue weighted by molar-refractivity contribution is -0.787. The number of piperidine rings is 1. The maximum atomic E-state index is 5.33. The van der Waals surface area contributed by atoms with Gasteiger partial charge in [0.2, 0.25) is 0 Å². The van der Waals surface area contributed by atoms with Crippen LogP contribution in [0.5, 0.6) is 0 Å². The number of nitrogens with two attached hydrogens (primary N) is 1. The van der Waals surface area contributed by atoms with Crippen LogP contribution in [0.3, 0.4) is 0 Å². The predicted octanol–water partition coefficient (Wildman–Crippen LogP) is 1.14. The van der Waals surface area contributed by atoms with Crippen molar-refractivity contribution in [3.05, 3.63) is 0 Å². The average Bonchev–Trinajstić information content (AvgIpc) is 1.93. The van der Waals surface area contributed by atoms with Gasteiger partial charge in [0.1, 0.15) is 0 Å². The summed E-state index contributed by atoms with van der Waals surface area (Å²) in [5.74, 6) is 0. The zero-order valence-electron chi connectivity index (χ0n) is 12.1. The Bertz CT molecular complexity index is 268. The van der Waals surface area contributed by atoms with E-state index >= 15 is 0 Å². The van der Waals surface area contributed by atoms with Crippen LogP contribution in [0.2, 0.25) is 0 Å². The maximum Gasteiger partial charge on any atom is 0.166 e. The van der Waals surface area contributed by atoms with Gasteiger partial charge >= 0.3 is 0 Å². The molecule has 0 bridgehead atoms. The molecule has 0 aromatic carbocycles. The third-order valence-electron chi connectivity index (χ3n) is 3.08. The molecule has 4 N–H and O–H groups in total. The lowest BCUT2D eigenvalue weighted by atomic mass is 9.80. The molecule has 0 amide bonds. The van der Waals surface area contributed by atoms with Crippen molar-refractivity contribution >= 4 is 17.3 Å². The van der Waals surface area contributed by atoms with E-state index in [1.807, 2.05) is 0 Å². The zero-order chi connectivity index (χ0) is 13.3. The highest BCUT2D eigenvalue weighted by molar-refractivity contribution is 7.80. The van der Waals surface area contributed by atoms with Crippen LogP contribution in [-0.2, 0) is 0 Å². The smallest absolute Gasteiger partial charge is 0.166 e. The molecular weight excluding hydrogens is 230 g/mol. The normalized spacial score (nSPS) is 23.5. The summed E-state index contributed by atoms with van der Waals surface area (Å²) >= 11 is 5.33. The minimum absolute atomic E-state index is 0.285. The molecule has 0 atom stereocenters. The van der Waals surface area contributed by atoms with E-state index in [4.69, 9.17) is 12.2 Å². The van der Waals surface area contributed by atoms with Crippen molar-refractivity contribution in [3.8, 4) is 0 Å². The molecule has 17 heavy (non-hydrogen) atoms. The first-order chi connectivity index (χ1) is 7.60. The molecule has 1 aliphatic rings. The molecule has 100 valence electrons. The van der Waals surface area contributed by atoms with Gasteiger partial charge in [0, 0.05) is 24.9 Å². The van der Waals surface area contributed by atoms with Crippen molar-refractivity contribution in [2.45, 2.75) is 77.5 Å². The van der Waals surface area contributed by atoms with Gasteiger partial charge in [-0.25, -0.2) is 0 Å². The second-order valence-electron chi connectivity index (χ2n) is 7.00. The Balaban J connectivity index is 2.56. The Morgan fingerprint density at radius 3 is 2.06 bits per heavy atom. The van der Waals surface area contributed by atoms with Crippen molar-refractivity contribution in [1.29, 1.82) is 0 Å². The molecule has 0 unspecified atom stereocenters.